The zero-order valence-electron chi connectivity index (χ0n) is 17.0. The smallest absolute Gasteiger partial charge is 0.119 e. The fourth-order valence-corrected chi connectivity index (χ4v) is 3.79. The van der Waals surface area contributed by atoms with Gasteiger partial charge in [0.25, 0.3) is 0 Å². The second kappa shape index (κ2) is 12.2. The van der Waals surface area contributed by atoms with Gasteiger partial charge in [0.2, 0.25) is 0 Å². The maximum absolute atomic E-state index is 5.98. The Morgan fingerprint density at radius 1 is 1.00 bits per heavy atom. The van der Waals surface area contributed by atoms with Crippen molar-refractivity contribution in [1.82, 2.24) is 0 Å². The molecule has 156 valence electrons. The zero-order valence-corrected chi connectivity index (χ0v) is 17.0. The molecule has 3 rings (SSSR count). The van der Waals surface area contributed by atoms with E-state index in [1.54, 1.807) is 7.11 Å². The van der Waals surface area contributed by atoms with Crippen LogP contribution in [-0.4, -0.2) is 58.5 Å². The fourth-order valence-electron chi connectivity index (χ4n) is 3.79. The number of rotatable bonds is 10. The standard InChI is InChI=1S/C23H34O5/c1-24-20-10-7-9-19(16-20)8-5-3-2-4-6-11-22-23(28-15-14-27-22)17-21-18-25-12-13-26-21/h2-3,7,9-10,16,21-23H,4-6,8,11-15,17-18H2,1H3. The van der Waals surface area contributed by atoms with E-state index in [9.17, 15) is 0 Å². The van der Waals surface area contributed by atoms with Gasteiger partial charge < -0.3 is 23.7 Å². The van der Waals surface area contributed by atoms with Crippen LogP contribution in [0, 0.1) is 0 Å². The molecule has 2 aliphatic heterocycles. The van der Waals surface area contributed by atoms with Gasteiger partial charge in [-0.2, -0.15) is 0 Å². The van der Waals surface area contributed by atoms with Crippen LogP contribution < -0.4 is 4.74 Å². The summed E-state index contributed by atoms with van der Waals surface area (Å²) in [6.07, 6.45) is 11.2. The second-order valence-electron chi connectivity index (χ2n) is 7.41. The van der Waals surface area contributed by atoms with Crippen LogP contribution in [0.2, 0.25) is 0 Å². The molecule has 5 nitrogen and oxygen atoms in total. The molecule has 1 aromatic carbocycles. The third kappa shape index (κ3) is 7.21. The summed E-state index contributed by atoms with van der Waals surface area (Å²) in [6, 6.07) is 8.29. The van der Waals surface area contributed by atoms with Crippen LogP contribution in [0.3, 0.4) is 0 Å². The Labute approximate surface area is 169 Å². The second-order valence-corrected chi connectivity index (χ2v) is 7.41. The Balaban J connectivity index is 1.32. The van der Waals surface area contributed by atoms with Crippen LogP contribution in [-0.2, 0) is 25.4 Å². The number of hydrogen-bond donors (Lipinski definition) is 0. The average molecular weight is 391 g/mol. The molecule has 2 heterocycles. The first-order chi connectivity index (χ1) is 13.8. The number of ether oxygens (including phenoxy) is 5. The lowest BCUT2D eigenvalue weighted by Crippen LogP contribution is -2.43. The first kappa shape index (κ1) is 21.3. The van der Waals surface area contributed by atoms with E-state index in [1.807, 2.05) is 12.1 Å². The predicted molar refractivity (Wildman–Crippen MR) is 109 cm³/mol. The summed E-state index contributed by atoms with van der Waals surface area (Å²) >= 11 is 0. The SMILES string of the molecule is COc1cccc(CCC=CCCCC2OCCOC2CC2COCCO2)c1. The molecule has 0 bridgehead atoms. The van der Waals surface area contributed by atoms with Gasteiger partial charge in [-0.25, -0.2) is 0 Å². The molecule has 0 saturated carbocycles. The topological polar surface area (TPSA) is 46.2 Å². The van der Waals surface area contributed by atoms with Crippen LogP contribution in [0.25, 0.3) is 0 Å². The third-order valence-corrected chi connectivity index (χ3v) is 5.30. The summed E-state index contributed by atoms with van der Waals surface area (Å²) in [5.41, 5.74) is 1.31. The predicted octanol–water partition coefficient (Wildman–Crippen LogP) is 3.94. The van der Waals surface area contributed by atoms with Gasteiger partial charge in [0.05, 0.1) is 58.5 Å². The van der Waals surface area contributed by atoms with Crippen molar-refractivity contribution < 1.29 is 23.7 Å². The van der Waals surface area contributed by atoms with Crippen LogP contribution in [0.5, 0.6) is 5.75 Å². The van der Waals surface area contributed by atoms with E-state index in [2.05, 4.69) is 24.3 Å². The molecule has 3 atom stereocenters. The maximum atomic E-state index is 5.98. The summed E-state index contributed by atoms with van der Waals surface area (Å²) in [4.78, 5) is 0. The molecular formula is C23H34O5. The highest BCUT2D eigenvalue weighted by molar-refractivity contribution is 5.28. The first-order valence-electron chi connectivity index (χ1n) is 10.6. The van der Waals surface area contributed by atoms with E-state index in [4.69, 9.17) is 23.7 Å². The van der Waals surface area contributed by atoms with Crippen LogP contribution >= 0.6 is 0 Å². The highest BCUT2D eigenvalue weighted by Gasteiger charge is 2.30. The lowest BCUT2D eigenvalue weighted by molar-refractivity contribution is -0.169. The number of methoxy groups -OCH3 is 1. The lowest BCUT2D eigenvalue weighted by atomic mass is 10.00. The van der Waals surface area contributed by atoms with Crippen LogP contribution in [0.1, 0.15) is 37.7 Å². The van der Waals surface area contributed by atoms with Crippen molar-refractivity contribution >= 4 is 0 Å². The molecular weight excluding hydrogens is 356 g/mol. The van der Waals surface area contributed by atoms with Gasteiger partial charge in [-0.1, -0.05) is 24.3 Å². The zero-order chi connectivity index (χ0) is 19.4. The molecule has 0 aliphatic carbocycles. The summed E-state index contributed by atoms with van der Waals surface area (Å²) in [5.74, 6) is 0.927. The van der Waals surface area contributed by atoms with Gasteiger partial charge in [0.1, 0.15) is 5.75 Å². The Bertz CT molecular complexity index is 582. The number of allylic oxidation sites excluding steroid dienone is 2. The van der Waals surface area contributed by atoms with E-state index in [0.29, 0.717) is 33.0 Å². The largest absolute Gasteiger partial charge is 0.497 e. The van der Waals surface area contributed by atoms with Crippen LogP contribution in [0.4, 0.5) is 0 Å². The Hall–Kier alpha value is -1.40. The number of hydrogen-bond acceptors (Lipinski definition) is 5. The Morgan fingerprint density at radius 2 is 1.82 bits per heavy atom. The quantitative estimate of drug-likeness (QED) is 0.447. The lowest BCUT2D eigenvalue weighted by Gasteiger charge is -2.35. The first-order valence-corrected chi connectivity index (χ1v) is 10.6. The van der Waals surface area contributed by atoms with Crippen molar-refractivity contribution in [3.63, 3.8) is 0 Å². The van der Waals surface area contributed by atoms with Gasteiger partial charge in [-0.3, -0.25) is 0 Å². The molecule has 1 aromatic rings. The number of aryl methyl sites for hydroxylation is 1. The Morgan fingerprint density at radius 3 is 2.64 bits per heavy atom. The van der Waals surface area contributed by atoms with Gasteiger partial charge >= 0.3 is 0 Å². The molecule has 0 N–H and O–H groups in total. The summed E-state index contributed by atoms with van der Waals surface area (Å²) in [5, 5.41) is 0. The molecule has 3 unspecified atom stereocenters. The summed E-state index contributed by atoms with van der Waals surface area (Å²) in [6.45, 7) is 3.43. The van der Waals surface area contributed by atoms with Crippen molar-refractivity contribution in [2.45, 2.75) is 56.8 Å². The van der Waals surface area contributed by atoms with E-state index in [0.717, 1.165) is 44.3 Å². The molecule has 2 saturated heterocycles. The van der Waals surface area contributed by atoms with Crippen molar-refractivity contribution in [3.8, 4) is 5.75 Å². The van der Waals surface area contributed by atoms with Crippen molar-refractivity contribution in [1.29, 1.82) is 0 Å². The van der Waals surface area contributed by atoms with Crippen molar-refractivity contribution in [3.05, 3.63) is 42.0 Å². The molecule has 0 aromatic heterocycles. The molecule has 28 heavy (non-hydrogen) atoms. The molecule has 0 spiro atoms. The van der Waals surface area contributed by atoms with Gasteiger partial charge in [0.15, 0.2) is 0 Å². The van der Waals surface area contributed by atoms with E-state index >= 15 is 0 Å². The number of unbranched alkanes of at least 4 members (excludes halogenated alkanes) is 1. The minimum atomic E-state index is 0.123. The number of benzene rings is 1. The monoisotopic (exact) mass is 390 g/mol. The maximum Gasteiger partial charge on any atom is 0.119 e. The summed E-state index contributed by atoms with van der Waals surface area (Å²) < 4.78 is 28.5. The van der Waals surface area contributed by atoms with Gasteiger partial charge in [-0.05, 0) is 49.8 Å². The average Bonchev–Trinajstić information content (AvgIpc) is 2.75. The molecule has 5 heteroatoms. The highest BCUT2D eigenvalue weighted by atomic mass is 16.6. The van der Waals surface area contributed by atoms with Crippen molar-refractivity contribution in [2.24, 2.45) is 0 Å². The highest BCUT2D eigenvalue weighted by Crippen LogP contribution is 2.22. The van der Waals surface area contributed by atoms with Crippen LogP contribution in [0.15, 0.2) is 36.4 Å². The Kier molecular flexibility index (Phi) is 9.30. The normalized spacial score (nSPS) is 25.8. The minimum absolute atomic E-state index is 0.123. The molecule has 0 radical (unpaired) electrons. The molecule has 2 fully saturated rings. The van der Waals surface area contributed by atoms with Crippen molar-refractivity contribution in [2.75, 3.05) is 40.1 Å². The summed E-state index contributed by atoms with van der Waals surface area (Å²) in [7, 11) is 1.71. The van der Waals surface area contributed by atoms with E-state index in [1.165, 1.54) is 5.56 Å². The van der Waals surface area contributed by atoms with Gasteiger partial charge in [-0.15, -0.1) is 0 Å². The molecule has 0 amide bonds. The minimum Gasteiger partial charge on any atom is -0.497 e. The van der Waals surface area contributed by atoms with E-state index < -0.39 is 0 Å². The third-order valence-electron chi connectivity index (χ3n) is 5.30. The molecule has 2 aliphatic rings. The van der Waals surface area contributed by atoms with E-state index in [-0.39, 0.29) is 18.3 Å². The van der Waals surface area contributed by atoms with Gasteiger partial charge in [0, 0.05) is 6.42 Å². The fraction of sp³-hybridized carbons (Fsp3) is 0.652.